The second-order valence-electron chi connectivity index (χ2n) is 3.81. The minimum Gasteiger partial charge on any atom is -0.497 e. The van der Waals surface area contributed by atoms with Gasteiger partial charge in [0.15, 0.2) is 0 Å². The maximum atomic E-state index is 5.72. The van der Waals surface area contributed by atoms with Crippen LogP contribution in [0, 0.1) is 6.92 Å². The van der Waals surface area contributed by atoms with E-state index in [1.807, 2.05) is 13.0 Å². The lowest BCUT2D eigenvalue weighted by molar-refractivity contribution is 0.414. The molecule has 14 heavy (non-hydrogen) atoms. The zero-order valence-corrected chi connectivity index (χ0v) is 9.21. The molecule has 2 heteroatoms. The van der Waals surface area contributed by atoms with E-state index >= 15 is 0 Å². The molecule has 1 aromatic carbocycles. The summed E-state index contributed by atoms with van der Waals surface area (Å²) in [7, 11) is 1.69. The highest BCUT2D eigenvalue weighted by molar-refractivity contribution is 5.34. The van der Waals surface area contributed by atoms with Crippen LogP contribution >= 0.6 is 0 Å². The van der Waals surface area contributed by atoms with Crippen LogP contribution in [0.2, 0.25) is 0 Å². The summed E-state index contributed by atoms with van der Waals surface area (Å²) in [5.41, 5.74) is 8.37. The molecule has 0 aromatic heterocycles. The SMILES string of the molecule is COc1ccc(CC[C@H](C)N)c(C)c1. The Morgan fingerprint density at radius 2 is 2.14 bits per heavy atom. The van der Waals surface area contributed by atoms with Crippen LogP contribution in [0.15, 0.2) is 18.2 Å². The van der Waals surface area contributed by atoms with Gasteiger partial charge in [-0.05, 0) is 49.9 Å². The Bertz CT molecular complexity index is 294. The average molecular weight is 193 g/mol. The van der Waals surface area contributed by atoms with Crippen LogP contribution in [0.3, 0.4) is 0 Å². The van der Waals surface area contributed by atoms with Crippen LogP contribution in [0.5, 0.6) is 5.75 Å². The van der Waals surface area contributed by atoms with Gasteiger partial charge in [0.25, 0.3) is 0 Å². The lowest BCUT2D eigenvalue weighted by atomic mass is 10.0. The number of hydrogen-bond donors (Lipinski definition) is 1. The van der Waals surface area contributed by atoms with Crippen molar-refractivity contribution < 1.29 is 4.74 Å². The zero-order chi connectivity index (χ0) is 10.6. The fraction of sp³-hybridized carbons (Fsp3) is 0.500. The van der Waals surface area contributed by atoms with Crippen molar-refractivity contribution in [3.8, 4) is 5.75 Å². The predicted molar refractivity (Wildman–Crippen MR) is 59.7 cm³/mol. The molecule has 0 amide bonds. The molecule has 0 unspecified atom stereocenters. The van der Waals surface area contributed by atoms with E-state index in [4.69, 9.17) is 10.5 Å². The maximum absolute atomic E-state index is 5.72. The quantitative estimate of drug-likeness (QED) is 0.796. The largest absolute Gasteiger partial charge is 0.497 e. The normalized spacial score (nSPS) is 12.6. The first-order valence-electron chi connectivity index (χ1n) is 5.02. The molecule has 0 aliphatic heterocycles. The number of benzene rings is 1. The summed E-state index contributed by atoms with van der Waals surface area (Å²) in [4.78, 5) is 0. The van der Waals surface area contributed by atoms with Gasteiger partial charge in [-0.25, -0.2) is 0 Å². The summed E-state index contributed by atoms with van der Waals surface area (Å²) in [5, 5.41) is 0. The molecule has 0 bridgehead atoms. The van der Waals surface area contributed by atoms with E-state index in [2.05, 4.69) is 19.1 Å². The molecular weight excluding hydrogens is 174 g/mol. The number of hydrogen-bond acceptors (Lipinski definition) is 2. The van der Waals surface area contributed by atoms with Crippen molar-refractivity contribution in [2.75, 3.05) is 7.11 Å². The zero-order valence-electron chi connectivity index (χ0n) is 9.21. The Balaban J connectivity index is 2.69. The molecule has 0 saturated carbocycles. The van der Waals surface area contributed by atoms with Crippen molar-refractivity contribution in [3.63, 3.8) is 0 Å². The summed E-state index contributed by atoms with van der Waals surface area (Å²) < 4.78 is 5.15. The maximum Gasteiger partial charge on any atom is 0.119 e. The Hall–Kier alpha value is -1.02. The monoisotopic (exact) mass is 193 g/mol. The van der Waals surface area contributed by atoms with Crippen LogP contribution in [0.4, 0.5) is 0 Å². The van der Waals surface area contributed by atoms with Gasteiger partial charge in [0.1, 0.15) is 5.75 Å². The first-order valence-corrected chi connectivity index (χ1v) is 5.02. The molecule has 1 atom stereocenters. The highest BCUT2D eigenvalue weighted by Gasteiger charge is 2.01. The molecule has 0 radical (unpaired) electrons. The molecular formula is C12H19NO. The van der Waals surface area contributed by atoms with E-state index in [0.29, 0.717) is 0 Å². The highest BCUT2D eigenvalue weighted by atomic mass is 16.5. The van der Waals surface area contributed by atoms with Gasteiger partial charge in [-0.1, -0.05) is 6.07 Å². The van der Waals surface area contributed by atoms with Crippen LogP contribution in [0.1, 0.15) is 24.5 Å². The van der Waals surface area contributed by atoms with Crippen LogP contribution in [0.25, 0.3) is 0 Å². The van der Waals surface area contributed by atoms with Gasteiger partial charge in [0.2, 0.25) is 0 Å². The lowest BCUT2D eigenvalue weighted by Gasteiger charge is -2.09. The Morgan fingerprint density at radius 1 is 1.43 bits per heavy atom. The third-order valence-electron chi connectivity index (χ3n) is 2.42. The first-order chi connectivity index (χ1) is 6.63. The minimum atomic E-state index is 0.275. The molecule has 0 aliphatic rings. The second-order valence-corrected chi connectivity index (χ2v) is 3.81. The lowest BCUT2D eigenvalue weighted by Crippen LogP contribution is -2.15. The Kier molecular flexibility index (Phi) is 3.96. The number of ether oxygens (including phenoxy) is 1. The fourth-order valence-electron chi connectivity index (χ4n) is 1.46. The van der Waals surface area contributed by atoms with E-state index in [-0.39, 0.29) is 6.04 Å². The number of nitrogens with two attached hydrogens (primary N) is 1. The van der Waals surface area contributed by atoms with Crippen molar-refractivity contribution in [3.05, 3.63) is 29.3 Å². The van der Waals surface area contributed by atoms with Crippen molar-refractivity contribution >= 4 is 0 Å². The van der Waals surface area contributed by atoms with Gasteiger partial charge in [-0.2, -0.15) is 0 Å². The molecule has 1 rings (SSSR count). The number of aryl methyl sites for hydroxylation is 2. The predicted octanol–water partition coefficient (Wildman–Crippen LogP) is 2.28. The molecule has 2 nitrogen and oxygen atoms in total. The van der Waals surface area contributed by atoms with E-state index in [1.165, 1.54) is 11.1 Å². The Morgan fingerprint density at radius 3 is 2.64 bits per heavy atom. The van der Waals surface area contributed by atoms with Crippen LogP contribution < -0.4 is 10.5 Å². The van der Waals surface area contributed by atoms with Gasteiger partial charge >= 0.3 is 0 Å². The third-order valence-corrected chi connectivity index (χ3v) is 2.42. The molecule has 78 valence electrons. The van der Waals surface area contributed by atoms with E-state index in [9.17, 15) is 0 Å². The molecule has 0 heterocycles. The number of methoxy groups -OCH3 is 1. The van der Waals surface area contributed by atoms with Gasteiger partial charge in [0, 0.05) is 6.04 Å². The first kappa shape index (κ1) is 11.1. The molecule has 1 aromatic rings. The molecule has 0 fully saturated rings. The summed E-state index contributed by atoms with van der Waals surface area (Å²) in [6.45, 7) is 4.15. The second kappa shape index (κ2) is 5.01. The average Bonchev–Trinajstić information content (AvgIpc) is 2.15. The van der Waals surface area contributed by atoms with Gasteiger partial charge < -0.3 is 10.5 Å². The molecule has 2 N–H and O–H groups in total. The molecule has 0 aliphatic carbocycles. The van der Waals surface area contributed by atoms with Crippen LogP contribution in [-0.4, -0.2) is 13.2 Å². The van der Waals surface area contributed by atoms with E-state index in [1.54, 1.807) is 7.11 Å². The van der Waals surface area contributed by atoms with Gasteiger partial charge in [-0.3, -0.25) is 0 Å². The van der Waals surface area contributed by atoms with Crippen molar-refractivity contribution in [1.82, 2.24) is 0 Å². The van der Waals surface area contributed by atoms with Crippen molar-refractivity contribution in [1.29, 1.82) is 0 Å². The highest BCUT2D eigenvalue weighted by Crippen LogP contribution is 2.18. The summed E-state index contributed by atoms with van der Waals surface area (Å²) in [5.74, 6) is 0.923. The molecule has 0 saturated heterocycles. The summed E-state index contributed by atoms with van der Waals surface area (Å²) in [6.07, 6.45) is 2.08. The Labute approximate surface area is 86.1 Å². The topological polar surface area (TPSA) is 35.2 Å². The van der Waals surface area contributed by atoms with Gasteiger partial charge in [-0.15, -0.1) is 0 Å². The molecule has 0 spiro atoms. The summed E-state index contributed by atoms with van der Waals surface area (Å²) >= 11 is 0. The smallest absolute Gasteiger partial charge is 0.119 e. The third kappa shape index (κ3) is 3.04. The van der Waals surface area contributed by atoms with E-state index < -0.39 is 0 Å². The van der Waals surface area contributed by atoms with Gasteiger partial charge in [0.05, 0.1) is 7.11 Å². The van der Waals surface area contributed by atoms with Crippen LogP contribution in [-0.2, 0) is 6.42 Å². The van der Waals surface area contributed by atoms with E-state index in [0.717, 1.165) is 18.6 Å². The fourth-order valence-corrected chi connectivity index (χ4v) is 1.46. The number of rotatable bonds is 4. The minimum absolute atomic E-state index is 0.275. The standard InChI is InChI=1S/C12H19NO/c1-9-8-12(14-3)7-6-11(9)5-4-10(2)13/h6-8,10H,4-5,13H2,1-3H3/t10-/m0/s1. The van der Waals surface area contributed by atoms with Crippen molar-refractivity contribution in [2.24, 2.45) is 5.73 Å². The summed E-state index contributed by atoms with van der Waals surface area (Å²) in [6, 6.07) is 6.47. The van der Waals surface area contributed by atoms with Crippen molar-refractivity contribution in [2.45, 2.75) is 32.7 Å².